The number of carbonyl (C=O) groups is 1. The number of rotatable bonds is 6. The van der Waals surface area contributed by atoms with Crippen LogP contribution < -0.4 is 10.9 Å². The standard InChI is InChI=1S/C18H14Cl3FN4O2/c1-9-2-3-10(6-14(9)22)18-23-16(28-26-18)5-4-15(27)24-25-17-12(20)7-11(19)8-13(17)21/h2-3,6-8,25H,4-5H2,1H3,(H,24,27). The number of aryl methyl sites for hydroxylation is 2. The summed E-state index contributed by atoms with van der Waals surface area (Å²) in [5, 5.41) is 4.73. The highest BCUT2D eigenvalue weighted by molar-refractivity contribution is 6.41. The van der Waals surface area contributed by atoms with Gasteiger partial charge in [-0.1, -0.05) is 52.1 Å². The first-order valence-corrected chi connectivity index (χ1v) is 9.25. The Kier molecular flexibility index (Phi) is 6.39. The Morgan fingerprint density at radius 1 is 1.18 bits per heavy atom. The number of halogens is 4. The molecule has 1 amide bonds. The van der Waals surface area contributed by atoms with E-state index in [9.17, 15) is 9.18 Å². The van der Waals surface area contributed by atoms with E-state index >= 15 is 0 Å². The van der Waals surface area contributed by atoms with Crippen LogP contribution in [0.2, 0.25) is 15.1 Å². The van der Waals surface area contributed by atoms with Gasteiger partial charge in [-0.3, -0.25) is 15.6 Å². The zero-order valence-electron chi connectivity index (χ0n) is 14.5. The molecule has 0 fully saturated rings. The Hall–Kier alpha value is -2.35. The molecule has 2 N–H and O–H groups in total. The van der Waals surface area contributed by atoms with E-state index in [0.717, 1.165) is 0 Å². The molecule has 0 radical (unpaired) electrons. The molecule has 0 spiro atoms. The maximum atomic E-state index is 13.7. The van der Waals surface area contributed by atoms with Crippen molar-refractivity contribution < 1.29 is 13.7 Å². The van der Waals surface area contributed by atoms with Crippen molar-refractivity contribution in [2.45, 2.75) is 19.8 Å². The Labute approximate surface area is 174 Å². The van der Waals surface area contributed by atoms with E-state index in [1.165, 1.54) is 18.2 Å². The third-order valence-corrected chi connectivity index (χ3v) is 4.61. The lowest BCUT2D eigenvalue weighted by Crippen LogP contribution is -2.29. The normalized spacial score (nSPS) is 10.8. The minimum absolute atomic E-state index is 0.0692. The van der Waals surface area contributed by atoms with Gasteiger partial charge >= 0.3 is 0 Å². The summed E-state index contributed by atoms with van der Waals surface area (Å²) in [4.78, 5) is 16.2. The number of hydrazine groups is 1. The van der Waals surface area contributed by atoms with E-state index < -0.39 is 0 Å². The highest BCUT2D eigenvalue weighted by Crippen LogP contribution is 2.33. The third kappa shape index (κ3) is 4.92. The number of benzene rings is 2. The molecule has 1 heterocycles. The largest absolute Gasteiger partial charge is 0.339 e. The van der Waals surface area contributed by atoms with Crippen LogP contribution in [0, 0.1) is 12.7 Å². The molecule has 0 saturated carbocycles. The van der Waals surface area contributed by atoms with E-state index in [-0.39, 0.29) is 46.3 Å². The Morgan fingerprint density at radius 2 is 1.89 bits per heavy atom. The molecule has 0 aliphatic heterocycles. The summed E-state index contributed by atoms with van der Waals surface area (Å²) in [6.07, 6.45) is 0.274. The van der Waals surface area contributed by atoms with E-state index in [2.05, 4.69) is 21.0 Å². The monoisotopic (exact) mass is 442 g/mol. The number of anilines is 1. The first-order chi connectivity index (χ1) is 13.3. The zero-order chi connectivity index (χ0) is 20.3. The number of aromatic nitrogens is 2. The van der Waals surface area contributed by atoms with Crippen LogP contribution in [0.4, 0.5) is 10.1 Å². The minimum Gasteiger partial charge on any atom is -0.339 e. The van der Waals surface area contributed by atoms with Crippen LogP contribution in [0.3, 0.4) is 0 Å². The predicted molar refractivity (Wildman–Crippen MR) is 106 cm³/mol. The summed E-state index contributed by atoms with van der Waals surface area (Å²) in [6.45, 7) is 1.66. The van der Waals surface area contributed by atoms with Gasteiger partial charge in [-0.05, 0) is 30.7 Å². The molecular weight excluding hydrogens is 430 g/mol. The average molecular weight is 444 g/mol. The molecule has 2 aromatic carbocycles. The smallest absolute Gasteiger partial charge is 0.238 e. The third-order valence-electron chi connectivity index (χ3n) is 3.80. The Balaban J connectivity index is 1.55. The van der Waals surface area contributed by atoms with Crippen LogP contribution in [0.1, 0.15) is 17.9 Å². The summed E-state index contributed by atoms with van der Waals surface area (Å²) in [6, 6.07) is 7.66. The fourth-order valence-corrected chi connectivity index (χ4v) is 3.19. The van der Waals surface area contributed by atoms with Gasteiger partial charge in [0, 0.05) is 23.4 Å². The van der Waals surface area contributed by atoms with Crippen LogP contribution in [-0.2, 0) is 11.2 Å². The number of carbonyl (C=O) groups excluding carboxylic acids is 1. The van der Waals surface area contributed by atoms with Crippen LogP contribution in [-0.4, -0.2) is 16.0 Å². The molecule has 28 heavy (non-hydrogen) atoms. The maximum absolute atomic E-state index is 13.7. The van der Waals surface area contributed by atoms with Crippen LogP contribution >= 0.6 is 34.8 Å². The molecule has 3 rings (SSSR count). The van der Waals surface area contributed by atoms with Crippen molar-refractivity contribution in [1.29, 1.82) is 0 Å². The second kappa shape index (κ2) is 8.77. The molecule has 1 aromatic heterocycles. The fraction of sp³-hybridized carbons (Fsp3) is 0.167. The first kappa shape index (κ1) is 20.4. The fourth-order valence-electron chi connectivity index (χ4n) is 2.28. The lowest BCUT2D eigenvalue weighted by atomic mass is 10.1. The molecule has 0 atom stereocenters. The van der Waals surface area contributed by atoms with Gasteiger partial charge < -0.3 is 4.52 Å². The van der Waals surface area contributed by atoms with Crippen LogP contribution in [0.25, 0.3) is 11.4 Å². The molecule has 0 saturated heterocycles. The topological polar surface area (TPSA) is 80.0 Å². The molecule has 0 bridgehead atoms. The van der Waals surface area contributed by atoms with Crippen molar-refractivity contribution in [2.24, 2.45) is 0 Å². The van der Waals surface area contributed by atoms with E-state index in [1.807, 2.05) is 0 Å². The molecule has 146 valence electrons. The lowest BCUT2D eigenvalue weighted by molar-refractivity contribution is -0.120. The highest BCUT2D eigenvalue weighted by atomic mass is 35.5. The van der Waals surface area contributed by atoms with Crippen molar-refractivity contribution in [3.8, 4) is 11.4 Å². The van der Waals surface area contributed by atoms with E-state index in [4.69, 9.17) is 39.3 Å². The van der Waals surface area contributed by atoms with Gasteiger partial charge in [0.15, 0.2) is 0 Å². The van der Waals surface area contributed by atoms with Crippen molar-refractivity contribution >= 4 is 46.4 Å². The molecular formula is C18H14Cl3FN4O2. The predicted octanol–water partition coefficient (Wildman–Crippen LogP) is 5.22. The molecule has 3 aromatic rings. The SMILES string of the molecule is Cc1ccc(-c2noc(CCC(=O)NNc3c(Cl)cc(Cl)cc3Cl)n2)cc1F. The van der Waals surface area contributed by atoms with Crippen molar-refractivity contribution in [1.82, 2.24) is 15.6 Å². The summed E-state index contributed by atoms with van der Waals surface area (Å²) >= 11 is 17.9. The minimum atomic E-state index is -0.353. The Bertz CT molecular complexity index is 1000. The van der Waals surface area contributed by atoms with Crippen LogP contribution in [0.5, 0.6) is 0 Å². The molecule has 0 unspecified atom stereocenters. The van der Waals surface area contributed by atoms with Crippen molar-refractivity contribution in [2.75, 3.05) is 5.43 Å². The van der Waals surface area contributed by atoms with E-state index in [1.54, 1.807) is 19.1 Å². The molecule has 0 aliphatic rings. The lowest BCUT2D eigenvalue weighted by Gasteiger charge is -2.11. The second-order valence-electron chi connectivity index (χ2n) is 5.89. The summed E-state index contributed by atoms with van der Waals surface area (Å²) in [5.74, 6) is -0.183. The van der Waals surface area contributed by atoms with Gasteiger partial charge in [0.25, 0.3) is 0 Å². The number of hydrogen-bond acceptors (Lipinski definition) is 5. The van der Waals surface area contributed by atoms with Crippen molar-refractivity contribution in [3.63, 3.8) is 0 Å². The van der Waals surface area contributed by atoms with Gasteiger partial charge in [0.1, 0.15) is 5.82 Å². The van der Waals surface area contributed by atoms with Gasteiger partial charge in [0.05, 0.1) is 15.7 Å². The number of nitrogens with one attached hydrogen (secondary N) is 2. The quantitative estimate of drug-likeness (QED) is 0.511. The van der Waals surface area contributed by atoms with Gasteiger partial charge in [-0.15, -0.1) is 0 Å². The number of amides is 1. The van der Waals surface area contributed by atoms with Gasteiger partial charge in [-0.2, -0.15) is 4.98 Å². The van der Waals surface area contributed by atoms with Crippen molar-refractivity contribution in [3.05, 3.63) is 62.7 Å². The number of hydrogen-bond donors (Lipinski definition) is 2. The molecule has 0 aliphatic carbocycles. The van der Waals surface area contributed by atoms with Gasteiger partial charge in [-0.25, -0.2) is 4.39 Å². The summed E-state index contributed by atoms with van der Waals surface area (Å²) < 4.78 is 18.8. The van der Waals surface area contributed by atoms with E-state index in [0.29, 0.717) is 21.8 Å². The summed E-state index contributed by atoms with van der Waals surface area (Å²) in [5.41, 5.74) is 6.50. The molecule has 10 heteroatoms. The van der Waals surface area contributed by atoms with Gasteiger partial charge in [0.2, 0.25) is 17.6 Å². The summed E-state index contributed by atoms with van der Waals surface area (Å²) in [7, 11) is 0. The highest BCUT2D eigenvalue weighted by Gasteiger charge is 2.13. The number of nitrogens with zero attached hydrogens (tertiary/aromatic N) is 2. The molecule has 6 nitrogen and oxygen atoms in total. The first-order valence-electron chi connectivity index (χ1n) is 8.12. The maximum Gasteiger partial charge on any atom is 0.238 e. The Morgan fingerprint density at radius 3 is 2.57 bits per heavy atom. The average Bonchev–Trinajstić information content (AvgIpc) is 3.10. The zero-order valence-corrected chi connectivity index (χ0v) is 16.8. The second-order valence-corrected chi connectivity index (χ2v) is 7.14. The van der Waals surface area contributed by atoms with Crippen LogP contribution in [0.15, 0.2) is 34.9 Å².